The summed E-state index contributed by atoms with van der Waals surface area (Å²) >= 11 is 1.09. The highest BCUT2D eigenvalue weighted by Gasteiger charge is 2.09. The molecule has 3 nitrogen and oxygen atoms in total. The fraction of sp³-hybridized carbons (Fsp3) is 0. The highest BCUT2D eigenvalue weighted by atomic mass is 32.1. The standard InChI is InChI=1S/C9H8N2OS/c10-9-11-7(8(12)13-9)6-4-2-1-3-5-6/h1-5,12H,(H2,10,11). The molecule has 0 saturated carbocycles. The van der Waals surface area contributed by atoms with E-state index in [-0.39, 0.29) is 5.06 Å². The van der Waals surface area contributed by atoms with Crippen molar-refractivity contribution >= 4 is 16.5 Å². The van der Waals surface area contributed by atoms with Crippen LogP contribution in [-0.2, 0) is 0 Å². The molecule has 0 radical (unpaired) electrons. The van der Waals surface area contributed by atoms with Crippen molar-refractivity contribution in [1.82, 2.24) is 4.98 Å². The van der Waals surface area contributed by atoms with Crippen molar-refractivity contribution in [1.29, 1.82) is 0 Å². The van der Waals surface area contributed by atoms with Crippen LogP contribution in [0, 0.1) is 0 Å². The van der Waals surface area contributed by atoms with Gasteiger partial charge in [-0.2, -0.15) is 0 Å². The lowest BCUT2D eigenvalue weighted by Gasteiger charge is -1.94. The maximum absolute atomic E-state index is 9.46. The monoisotopic (exact) mass is 192 g/mol. The van der Waals surface area contributed by atoms with E-state index in [9.17, 15) is 5.11 Å². The van der Waals surface area contributed by atoms with E-state index in [1.165, 1.54) is 0 Å². The summed E-state index contributed by atoms with van der Waals surface area (Å²) in [6.07, 6.45) is 0. The van der Waals surface area contributed by atoms with E-state index in [1.54, 1.807) is 0 Å². The van der Waals surface area contributed by atoms with Crippen LogP contribution in [0.15, 0.2) is 30.3 Å². The number of hydrogen-bond donors (Lipinski definition) is 2. The zero-order valence-electron chi connectivity index (χ0n) is 6.77. The number of nitrogens with two attached hydrogens (primary N) is 1. The molecule has 0 bridgehead atoms. The number of aromatic nitrogens is 1. The quantitative estimate of drug-likeness (QED) is 0.727. The van der Waals surface area contributed by atoms with Gasteiger partial charge in [0, 0.05) is 5.56 Å². The van der Waals surface area contributed by atoms with Crippen LogP contribution in [0.3, 0.4) is 0 Å². The Morgan fingerprint density at radius 3 is 2.46 bits per heavy atom. The minimum absolute atomic E-state index is 0.170. The molecule has 0 aliphatic rings. The van der Waals surface area contributed by atoms with Crippen LogP contribution in [0.4, 0.5) is 5.13 Å². The van der Waals surface area contributed by atoms with E-state index in [2.05, 4.69) is 4.98 Å². The average molecular weight is 192 g/mol. The first-order valence-electron chi connectivity index (χ1n) is 3.78. The van der Waals surface area contributed by atoms with Gasteiger partial charge in [0.1, 0.15) is 5.69 Å². The molecule has 0 fully saturated rings. The highest BCUT2D eigenvalue weighted by Crippen LogP contribution is 2.34. The Bertz CT molecular complexity index is 411. The average Bonchev–Trinajstić information content (AvgIpc) is 2.47. The Hall–Kier alpha value is -1.55. The molecule has 2 rings (SSSR count). The number of nitrogens with zero attached hydrogens (tertiary/aromatic N) is 1. The summed E-state index contributed by atoms with van der Waals surface area (Å²) in [5, 5.41) is 10.0. The Morgan fingerprint density at radius 2 is 1.92 bits per heavy atom. The molecule has 1 heterocycles. The molecule has 0 spiro atoms. The van der Waals surface area contributed by atoms with Gasteiger partial charge in [0.2, 0.25) is 5.06 Å². The van der Waals surface area contributed by atoms with Crippen LogP contribution in [0.1, 0.15) is 0 Å². The van der Waals surface area contributed by atoms with Crippen molar-refractivity contribution in [3.05, 3.63) is 30.3 Å². The van der Waals surface area contributed by atoms with E-state index in [0.29, 0.717) is 10.8 Å². The van der Waals surface area contributed by atoms with Crippen LogP contribution in [-0.4, -0.2) is 10.1 Å². The van der Waals surface area contributed by atoms with E-state index < -0.39 is 0 Å². The van der Waals surface area contributed by atoms with Crippen molar-refractivity contribution in [3.63, 3.8) is 0 Å². The second-order valence-corrected chi connectivity index (χ2v) is 3.58. The third-order valence-corrected chi connectivity index (χ3v) is 2.36. The first-order valence-corrected chi connectivity index (χ1v) is 4.59. The van der Waals surface area contributed by atoms with Crippen molar-refractivity contribution in [3.8, 4) is 16.3 Å². The molecule has 3 N–H and O–H groups in total. The topological polar surface area (TPSA) is 59.1 Å². The van der Waals surface area contributed by atoms with Gasteiger partial charge in [-0.15, -0.1) is 0 Å². The molecule has 0 aliphatic heterocycles. The molecule has 0 aliphatic carbocycles. The zero-order chi connectivity index (χ0) is 9.26. The van der Waals surface area contributed by atoms with Crippen LogP contribution in [0.2, 0.25) is 0 Å². The molecule has 4 heteroatoms. The summed E-state index contributed by atoms with van der Waals surface area (Å²) in [5.74, 6) is 0. The van der Waals surface area contributed by atoms with Gasteiger partial charge in [0.15, 0.2) is 5.13 Å². The summed E-state index contributed by atoms with van der Waals surface area (Å²) in [6, 6.07) is 9.47. The summed E-state index contributed by atoms with van der Waals surface area (Å²) < 4.78 is 0. The minimum atomic E-state index is 0.170. The third kappa shape index (κ3) is 1.48. The second kappa shape index (κ2) is 3.06. The Morgan fingerprint density at radius 1 is 1.23 bits per heavy atom. The van der Waals surface area contributed by atoms with Gasteiger partial charge in [0.25, 0.3) is 0 Å². The largest absolute Gasteiger partial charge is 0.498 e. The zero-order valence-corrected chi connectivity index (χ0v) is 7.58. The lowest BCUT2D eigenvalue weighted by atomic mass is 10.2. The van der Waals surface area contributed by atoms with Gasteiger partial charge in [-0.25, -0.2) is 4.98 Å². The van der Waals surface area contributed by atoms with E-state index in [4.69, 9.17) is 5.73 Å². The molecule has 0 unspecified atom stereocenters. The molecule has 2 aromatic rings. The predicted octanol–water partition coefficient (Wildman–Crippen LogP) is 2.10. The Kier molecular flexibility index (Phi) is 1.90. The maximum atomic E-state index is 9.46. The van der Waals surface area contributed by atoms with Crippen LogP contribution in [0.25, 0.3) is 11.3 Å². The summed E-state index contributed by atoms with van der Waals surface area (Å²) in [5.41, 5.74) is 6.90. The number of thiazole rings is 1. The lowest BCUT2D eigenvalue weighted by Crippen LogP contribution is -1.82. The van der Waals surface area contributed by atoms with Crippen LogP contribution >= 0.6 is 11.3 Å². The van der Waals surface area contributed by atoms with Gasteiger partial charge >= 0.3 is 0 Å². The van der Waals surface area contributed by atoms with Crippen molar-refractivity contribution < 1.29 is 5.11 Å². The Balaban J connectivity index is 2.53. The van der Waals surface area contributed by atoms with Crippen molar-refractivity contribution in [2.24, 2.45) is 0 Å². The first-order chi connectivity index (χ1) is 6.27. The summed E-state index contributed by atoms with van der Waals surface area (Å²) in [4.78, 5) is 4.03. The van der Waals surface area contributed by atoms with Crippen LogP contribution in [0.5, 0.6) is 5.06 Å². The molecular formula is C9H8N2OS. The SMILES string of the molecule is Nc1nc(-c2ccccc2)c(O)s1. The van der Waals surface area contributed by atoms with Gasteiger partial charge in [0.05, 0.1) is 0 Å². The molecule has 66 valence electrons. The van der Waals surface area contributed by atoms with E-state index >= 15 is 0 Å². The predicted molar refractivity (Wildman–Crippen MR) is 53.6 cm³/mol. The highest BCUT2D eigenvalue weighted by molar-refractivity contribution is 7.17. The maximum Gasteiger partial charge on any atom is 0.201 e. The number of rotatable bonds is 1. The second-order valence-electron chi connectivity index (χ2n) is 2.57. The first kappa shape index (κ1) is 8.07. The van der Waals surface area contributed by atoms with Crippen molar-refractivity contribution in [2.45, 2.75) is 0 Å². The van der Waals surface area contributed by atoms with E-state index in [0.717, 1.165) is 16.9 Å². The number of nitrogen functional groups attached to an aromatic ring is 1. The summed E-state index contributed by atoms with van der Waals surface area (Å²) in [7, 11) is 0. The molecular weight excluding hydrogens is 184 g/mol. The molecule has 0 saturated heterocycles. The van der Waals surface area contributed by atoms with Gasteiger partial charge in [-0.3, -0.25) is 0 Å². The molecule has 0 amide bonds. The molecule has 13 heavy (non-hydrogen) atoms. The molecule has 1 aromatic heterocycles. The number of anilines is 1. The third-order valence-electron chi connectivity index (χ3n) is 1.67. The fourth-order valence-corrected chi connectivity index (χ4v) is 1.71. The Labute approximate surface area is 79.5 Å². The summed E-state index contributed by atoms with van der Waals surface area (Å²) in [6.45, 7) is 0. The number of hydrogen-bond acceptors (Lipinski definition) is 4. The lowest BCUT2D eigenvalue weighted by molar-refractivity contribution is 0.491. The van der Waals surface area contributed by atoms with Gasteiger partial charge in [-0.05, 0) is 0 Å². The number of aromatic hydroxyl groups is 1. The molecule has 1 aromatic carbocycles. The van der Waals surface area contributed by atoms with Crippen molar-refractivity contribution in [2.75, 3.05) is 5.73 Å². The molecule has 0 atom stereocenters. The van der Waals surface area contributed by atoms with Gasteiger partial charge in [-0.1, -0.05) is 41.7 Å². The normalized spacial score (nSPS) is 10.2. The van der Waals surface area contributed by atoms with Gasteiger partial charge < -0.3 is 10.8 Å². The van der Waals surface area contributed by atoms with Crippen LogP contribution < -0.4 is 5.73 Å². The smallest absolute Gasteiger partial charge is 0.201 e. The minimum Gasteiger partial charge on any atom is -0.498 e. The van der Waals surface area contributed by atoms with E-state index in [1.807, 2.05) is 30.3 Å². The fourth-order valence-electron chi connectivity index (χ4n) is 1.11. The number of benzene rings is 1.